The number of ether oxygens (including phenoxy) is 4. The van der Waals surface area contributed by atoms with Gasteiger partial charge in [0.05, 0.1) is 33.0 Å². The van der Waals surface area contributed by atoms with Crippen molar-refractivity contribution in [1.29, 1.82) is 0 Å². The highest BCUT2D eigenvalue weighted by atomic mass is 32.1. The molecule has 1 rings (SSSR count). The molecule has 3 amide bonds. The molecular formula is C38H70N4O8S. The van der Waals surface area contributed by atoms with Gasteiger partial charge in [-0.2, -0.15) is 12.6 Å². The Morgan fingerprint density at radius 1 is 0.824 bits per heavy atom. The lowest BCUT2D eigenvalue weighted by Crippen LogP contribution is -2.40. The minimum atomic E-state index is -0.440. The number of hydrogen-bond acceptors (Lipinski definition) is 10. The van der Waals surface area contributed by atoms with E-state index in [4.69, 9.17) is 18.9 Å². The smallest absolute Gasteiger partial charge is 0.410 e. The van der Waals surface area contributed by atoms with Crippen molar-refractivity contribution in [3.05, 3.63) is 41.5 Å². The normalized spacial score (nSPS) is 10.6. The van der Waals surface area contributed by atoms with Crippen LogP contribution in [-0.2, 0) is 37.0 Å². The van der Waals surface area contributed by atoms with E-state index in [1.807, 2.05) is 46.8 Å². The fraction of sp³-hybridized carbons (Fsp3) is 0.711. The maximum atomic E-state index is 13.0. The molecule has 2 N–H and O–H groups in total. The van der Waals surface area contributed by atoms with Crippen molar-refractivity contribution in [1.82, 2.24) is 20.0 Å². The van der Waals surface area contributed by atoms with E-state index in [-0.39, 0.29) is 25.0 Å². The van der Waals surface area contributed by atoms with Gasteiger partial charge in [0.1, 0.15) is 5.75 Å². The first-order valence-electron chi connectivity index (χ1n) is 18.6. The van der Waals surface area contributed by atoms with Gasteiger partial charge in [-0.1, -0.05) is 45.9 Å². The number of allylic oxidation sites excluding steroid dienone is 2. The molecule has 0 bridgehead atoms. The lowest BCUT2D eigenvalue weighted by atomic mass is 10.1. The quantitative estimate of drug-likeness (QED) is 0.0635. The van der Waals surface area contributed by atoms with Gasteiger partial charge in [-0.05, 0) is 70.2 Å². The fourth-order valence-electron chi connectivity index (χ4n) is 4.34. The highest BCUT2D eigenvalue weighted by Crippen LogP contribution is 2.23. The second-order valence-corrected chi connectivity index (χ2v) is 11.5. The molecule has 0 radical (unpaired) electrons. The van der Waals surface area contributed by atoms with Gasteiger partial charge >= 0.3 is 6.09 Å². The van der Waals surface area contributed by atoms with Crippen molar-refractivity contribution in [3.63, 3.8) is 0 Å². The summed E-state index contributed by atoms with van der Waals surface area (Å²) in [5, 5.41) is 12.5. The highest BCUT2D eigenvalue weighted by Gasteiger charge is 2.19. The molecular weight excluding hydrogens is 673 g/mol. The lowest BCUT2D eigenvalue weighted by molar-refractivity contribution is -0.129. The summed E-state index contributed by atoms with van der Waals surface area (Å²) in [7, 11) is 0. The second-order valence-electron chi connectivity index (χ2n) is 11.0. The number of nitrogens with one attached hydrogen (secondary N) is 1. The predicted octanol–water partition coefficient (Wildman–Crippen LogP) is 5.56. The van der Waals surface area contributed by atoms with Crippen LogP contribution in [0.15, 0.2) is 30.4 Å². The number of amides is 3. The van der Waals surface area contributed by atoms with Crippen molar-refractivity contribution < 1.29 is 38.4 Å². The molecule has 0 fully saturated rings. The number of carbonyl (C=O) groups is 3. The van der Waals surface area contributed by atoms with Gasteiger partial charge in [-0.25, -0.2) is 4.79 Å². The van der Waals surface area contributed by atoms with Crippen LogP contribution in [0.25, 0.3) is 0 Å². The van der Waals surface area contributed by atoms with Crippen LogP contribution in [0.5, 0.6) is 5.75 Å². The first-order valence-corrected chi connectivity index (χ1v) is 19.2. The number of likely N-dealkylation sites (N-methyl/N-ethyl adjacent to an activating group) is 2. The van der Waals surface area contributed by atoms with E-state index < -0.39 is 6.09 Å². The number of nitrogens with zero attached hydrogens (tertiary/aromatic N) is 3. The molecule has 0 saturated heterocycles. The Kier molecular flexibility index (Phi) is 35.3. The van der Waals surface area contributed by atoms with E-state index in [2.05, 4.69) is 36.7 Å². The van der Waals surface area contributed by atoms with Crippen LogP contribution in [0.2, 0.25) is 0 Å². The summed E-state index contributed by atoms with van der Waals surface area (Å²) in [5.74, 6) is 0.804. The zero-order valence-corrected chi connectivity index (χ0v) is 33.8. The number of benzene rings is 1. The molecule has 0 spiro atoms. The number of rotatable bonds is 26. The molecule has 51 heavy (non-hydrogen) atoms. The minimum Gasteiger partial charge on any atom is -0.410 e. The maximum absolute atomic E-state index is 13.0. The predicted molar refractivity (Wildman–Crippen MR) is 210 cm³/mol. The SMILES string of the molecule is C/C=C\C.CC.CCN(CC)CCN(CC)C(=O)Oc1ccc(CO)cc1CN(CCCOCCOCCOCCCNC(=O)CCS)C(C)=O. The van der Waals surface area contributed by atoms with Gasteiger partial charge in [0.2, 0.25) is 11.8 Å². The summed E-state index contributed by atoms with van der Waals surface area (Å²) in [4.78, 5) is 42.4. The van der Waals surface area contributed by atoms with E-state index in [1.54, 1.807) is 28.0 Å². The summed E-state index contributed by atoms with van der Waals surface area (Å²) >= 11 is 4.03. The van der Waals surface area contributed by atoms with Crippen molar-refractivity contribution >= 4 is 30.5 Å². The standard InChI is InChI=1S/C32H56N4O8S.C4H8.C2H6/c1-5-34(6-2)15-16-35(7-3)32(40)44-30-11-10-28(26-37)24-29(30)25-36(27(4)38)14-9-18-42-20-22-43-21-19-41-17-8-13-33-31(39)12-23-45;1-3-4-2;1-2/h10-11,24,37,45H,5-9,12-23,25-26H2,1-4H3,(H,33,39);3-4H,1-2H3;1-2H3/b;4-3-;. The van der Waals surface area contributed by atoms with Gasteiger partial charge < -0.3 is 44.1 Å². The Morgan fingerprint density at radius 2 is 1.41 bits per heavy atom. The average molecular weight is 743 g/mol. The largest absolute Gasteiger partial charge is 0.415 e. The van der Waals surface area contributed by atoms with E-state index in [0.717, 1.165) is 26.1 Å². The third-order valence-electron chi connectivity index (χ3n) is 7.45. The zero-order valence-electron chi connectivity index (χ0n) is 32.9. The minimum absolute atomic E-state index is 0.00269. The molecule has 0 atom stereocenters. The molecule has 0 heterocycles. The number of carbonyl (C=O) groups excluding carboxylic acids is 3. The Bertz CT molecular complexity index is 1040. The van der Waals surface area contributed by atoms with Crippen LogP contribution in [0.4, 0.5) is 4.79 Å². The number of hydrogen-bond donors (Lipinski definition) is 3. The lowest BCUT2D eigenvalue weighted by Gasteiger charge is -2.26. The highest BCUT2D eigenvalue weighted by molar-refractivity contribution is 7.80. The van der Waals surface area contributed by atoms with Crippen LogP contribution in [0.1, 0.15) is 85.8 Å². The third-order valence-corrected chi connectivity index (χ3v) is 7.68. The van der Waals surface area contributed by atoms with Crippen molar-refractivity contribution in [2.75, 3.05) is 91.2 Å². The van der Waals surface area contributed by atoms with Gasteiger partial charge in [0.25, 0.3) is 0 Å². The van der Waals surface area contributed by atoms with Crippen LogP contribution in [0.3, 0.4) is 0 Å². The van der Waals surface area contributed by atoms with Crippen molar-refractivity contribution in [2.24, 2.45) is 0 Å². The first-order chi connectivity index (χ1) is 24.7. The molecule has 0 aromatic heterocycles. The molecule has 13 heteroatoms. The van der Waals surface area contributed by atoms with Gasteiger partial charge in [-0.15, -0.1) is 0 Å². The summed E-state index contributed by atoms with van der Waals surface area (Å²) in [6.45, 7) is 23.2. The number of thiol groups is 1. The number of aliphatic hydroxyl groups is 1. The summed E-state index contributed by atoms with van der Waals surface area (Å²) < 4.78 is 22.5. The first kappa shape index (κ1) is 50.4. The van der Waals surface area contributed by atoms with Crippen LogP contribution < -0.4 is 10.1 Å². The van der Waals surface area contributed by atoms with E-state index >= 15 is 0 Å². The molecule has 0 aliphatic rings. The zero-order chi connectivity index (χ0) is 38.7. The van der Waals surface area contributed by atoms with Crippen LogP contribution >= 0.6 is 12.6 Å². The molecule has 296 valence electrons. The third kappa shape index (κ3) is 26.7. The average Bonchev–Trinajstić information content (AvgIpc) is 3.14. The van der Waals surface area contributed by atoms with Crippen LogP contribution in [0, 0.1) is 0 Å². The molecule has 1 aromatic carbocycles. The topological polar surface area (TPSA) is 130 Å². The van der Waals surface area contributed by atoms with Gasteiger partial charge in [-0.3, -0.25) is 9.59 Å². The van der Waals surface area contributed by atoms with E-state index in [1.165, 1.54) is 6.92 Å². The maximum Gasteiger partial charge on any atom is 0.415 e. The van der Waals surface area contributed by atoms with Gasteiger partial charge in [0.15, 0.2) is 0 Å². The Labute approximate surface area is 314 Å². The summed E-state index contributed by atoms with van der Waals surface area (Å²) in [6.07, 6.45) is 5.35. The molecule has 0 aliphatic heterocycles. The molecule has 1 aromatic rings. The van der Waals surface area contributed by atoms with E-state index in [9.17, 15) is 19.5 Å². The van der Waals surface area contributed by atoms with E-state index in [0.29, 0.717) is 101 Å². The van der Waals surface area contributed by atoms with Crippen molar-refractivity contribution in [3.8, 4) is 5.75 Å². The summed E-state index contributed by atoms with van der Waals surface area (Å²) in [6, 6.07) is 5.16. The molecule has 0 aliphatic carbocycles. The second kappa shape index (κ2) is 35.7. The van der Waals surface area contributed by atoms with Crippen LogP contribution in [-0.4, -0.2) is 129 Å². The number of aliphatic hydroxyl groups excluding tert-OH is 1. The van der Waals surface area contributed by atoms with Gasteiger partial charge in [0, 0.05) is 71.4 Å². The Morgan fingerprint density at radius 3 is 1.92 bits per heavy atom. The molecule has 0 saturated carbocycles. The monoisotopic (exact) mass is 742 g/mol. The van der Waals surface area contributed by atoms with Crippen molar-refractivity contribution in [2.45, 2.75) is 87.8 Å². The summed E-state index contributed by atoms with van der Waals surface area (Å²) in [5.41, 5.74) is 1.32. The molecule has 0 unspecified atom stereocenters. The Balaban J connectivity index is 0. The molecule has 12 nitrogen and oxygen atoms in total. The Hall–Kier alpha value is -2.68. The fourth-order valence-corrected chi connectivity index (χ4v) is 4.54.